The van der Waals surface area contributed by atoms with Gasteiger partial charge in [-0.25, -0.2) is 0 Å². The van der Waals surface area contributed by atoms with Crippen LogP contribution in [0.2, 0.25) is 0 Å². The van der Waals surface area contributed by atoms with Crippen molar-refractivity contribution < 1.29 is 24.1 Å². The van der Waals surface area contributed by atoms with Gasteiger partial charge < -0.3 is 24.3 Å². The Morgan fingerprint density at radius 1 is 1.40 bits per heavy atom. The Labute approximate surface area is 146 Å². The van der Waals surface area contributed by atoms with Gasteiger partial charge in [-0.1, -0.05) is 0 Å². The highest BCUT2D eigenvalue weighted by atomic mass is 16.5. The second kappa shape index (κ2) is 8.33. The summed E-state index contributed by atoms with van der Waals surface area (Å²) in [5.74, 6) is 0.382. The number of H-pyrrole nitrogens is 1. The number of ether oxygens (including phenoxy) is 3. The molecule has 3 rings (SSSR count). The van der Waals surface area contributed by atoms with Crippen LogP contribution in [-0.2, 0) is 20.7 Å². The van der Waals surface area contributed by atoms with Gasteiger partial charge in [0.2, 0.25) is 0 Å². The minimum absolute atomic E-state index is 0.208. The Kier molecular flexibility index (Phi) is 5.91. The number of nitrogens with zero attached hydrogens (tertiary/aromatic N) is 1. The zero-order chi connectivity index (χ0) is 17.6. The number of carbonyl (C=O) groups is 1. The summed E-state index contributed by atoms with van der Waals surface area (Å²) in [4.78, 5) is 16.8. The monoisotopic (exact) mass is 348 g/mol. The summed E-state index contributed by atoms with van der Waals surface area (Å²) in [5.41, 5.74) is 1.79. The first-order valence-electron chi connectivity index (χ1n) is 8.43. The fourth-order valence-corrected chi connectivity index (χ4v) is 2.95. The molecule has 1 saturated heterocycles. The van der Waals surface area contributed by atoms with Crippen molar-refractivity contribution in [2.24, 2.45) is 0 Å². The molecule has 1 atom stereocenters. The van der Waals surface area contributed by atoms with Crippen molar-refractivity contribution in [1.82, 2.24) is 9.88 Å². The molecule has 25 heavy (non-hydrogen) atoms. The molecular formula is C18H24N2O5. The average Bonchev–Trinajstić information content (AvgIpc) is 3.03. The number of aromatic amines is 1. The molecule has 0 spiro atoms. The summed E-state index contributed by atoms with van der Waals surface area (Å²) in [6, 6.07) is 5.63. The summed E-state index contributed by atoms with van der Waals surface area (Å²) in [5, 5.41) is 11.1. The third-order valence-electron chi connectivity index (χ3n) is 4.32. The highest BCUT2D eigenvalue weighted by Gasteiger charge is 2.16. The van der Waals surface area contributed by atoms with Crippen LogP contribution in [0.15, 0.2) is 24.4 Å². The van der Waals surface area contributed by atoms with E-state index in [9.17, 15) is 9.90 Å². The number of rotatable bonds is 7. The van der Waals surface area contributed by atoms with Crippen molar-refractivity contribution >= 4 is 16.9 Å². The highest BCUT2D eigenvalue weighted by Crippen LogP contribution is 2.24. The molecule has 2 aromatic rings. The van der Waals surface area contributed by atoms with Gasteiger partial charge in [0, 0.05) is 36.7 Å². The lowest BCUT2D eigenvalue weighted by Crippen LogP contribution is -2.42. The lowest BCUT2D eigenvalue weighted by molar-refractivity contribution is -0.139. The van der Waals surface area contributed by atoms with E-state index < -0.39 is 6.10 Å². The number of fused-ring (bicyclic) bond motifs is 1. The molecule has 1 unspecified atom stereocenters. The SMILES string of the molecule is COC(=O)Cc1c[nH]c2ccc(OCC(O)CN3CCOCC3)cc12. The first-order valence-corrected chi connectivity index (χ1v) is 8.43. The standard InChI is InChI=1S/C18H24N2O5/c1-23-18(22)8-13-10-19-17-3-2-15(9-16(13)17)25-12-14(21)11-20-4-6-24-7-5-20/h2-3,9-10,14,19,21H,4-8,11-12H2,1H3. The Morgan fingerprint density at radius 3 is 2.96 bits per heavy atom. The van der Waals surface area contributed by atoms with E-state index in [1.807, 2.05) is 18.2 Å². The van der Waals surface area contributed by atoms with Crippen LogP contribution >= 0.6 is 0 Å². The fourth-order valence-electron chi connectivity index (χ4n) is 2.95. The molecule has 0 bridgehead atoms. The molecule has 2 N–H and O–H groups in total. The van der Waals surface area contributed by atoms with E-state index in [1.54, 1.807) is 6.20 Å². The summed E-state index contributed by atoms with van der Waals surface area (Å²) in [6.45, 7) is 3.89. The molecule has 1 aliphatic heterocycles. The molecule has 2 heterocycles. The summed E-state index contributed by atoms with van der Waals surface area (Å²) in [7, 11) is 1.38. The molecule has 0 radical (unpaired) electrons. The fraction of sp³-hybridized carbons (Fsp3) is 0.500. The van der Waals surface area contributed by atoms with Crippen LogP contribution in [0.1, 0.15) is 5.56 Å². The van der Waals surface area contributed by atoms with Gasteiger partial charge in [-0.2, -0.15) is 0 Å². The van der Waals surface area contributed by atoms with Gasteiger partial charge in [-0.05, 0) is 23.8 Å². The van der Waals surface area contributed by atoms with Crippen LogP contribution in [-0.4, -0.2) is 73.6 Å². The summed E-state index contributed by atoms with van der Waals surface area (Å²) in [6.07, 6.45) is 1.45. The van der Waals surface area contributed by atoms with Crippen molar-refractivity contribution in [2.75, 3.05) is 46.6 Å². The highest BCUT2D eigenvalue weighted by molar-refractivity contribution is 5.88. The van der Waals surface area contributed by atoms with Gasteiger partial charge in [-0.15, -0.1) is 0 Å². The van der Waals surface area contributed by atoms with Gasteiger partial charge in [0.1, 0.15) is 18.5 Å². The number of aliphatic hydroxyl groups is 1. The lowest BCUT2D eigenvalue weighted by atomic mass is 10.1. The molecule has 1 aromatic carbocycles. The Hall–Kier alpha value is -2.09. The minimum Gasteiger partial charge on any atom is -0.491 e. The maximum absolute atomic E-state index is 11.5. The number of esters is 1. The molecule has 136 valence electrons. The lowest BCUT2D eigenvalue weighted by Gasteiger charge is -2.28. The van der Waals surface area contributed by atoms with Crippen molar-refractivity contribution in [1.29, 1.82) is 0 Å². The molecular weight excluding hydrogens is 324 g/mol. The van der Waals surface area contributed by atoms with Crippen molar-refractivity contribution in [3.05, 3.63) is 30.0 Å². The Bertz CT molecular complexity index is 709. The summed E-state index contributed by atoms with van der Waals surface area (Å²) < 4.78 is 15.8. The molecule has 0 saturated carbocycles. The van der Waals surface area contributed by atoms with Gasteiger partial charge in [0.25, 0.3) is 0 Å². The van der Waals surface area contributed by atoms with E-state index in [0.717, 1.165) is 29.6 Å². The number of nitrogens with one attached hydrogen (secondary N) is 1. The molecule has 0 aliphatic carbocycles. The van der Waals surface area contributed by atoms with Gasteiger partial charge in [0.05, 0.1) is 26.7 Å². The van der Waals surface area contributed by atoms with Crippen LogP contribution in [0.3, 0.4) is 0 Å². The number of hydrogen-bond donors (Lipinski definition) is 2. The predicted octanol–water partition coefficient (Wildman–Crippen LogP) is 0.955. The van der Waals surface area contributed by atoms with E-state index in [4.69, 9.17) is 14.2 Å². The minimum atomic E-state index is -0.561. The number of carbonyl (C=O) groups excluding carboxylic acids is 1. The number of aliphatic hydroxyl groups excluding tert-OH is 1. The van der Waals surface area contributed by atoms with Crippen LogP contribution in [0.4, 0.5) is 0 Å². The van der Waals surface area contributed by atoms with Crippen LogP contribution < -0.4 is 4.74 Å². The third-order valence-corrected chi connectivity index (χ3v) is 4.32. The molecule has 7 nitrogen and oxygen atoms in total. The topological polar surface area (TPSA) is 84.0 Å². The van der Waals surface area contributed by atoms with Crippen molar-refractivity contribution in [2.45, 2.75) is 12.5 Å². The first kappa shape index (κ1) is 17.7. The Balaban J connectivity index is 1.59. The number of benzene rings is 1. The number of aromatic nitrogens is 1. The second-order valence-corrected chi connectivity index (χ2v) is 6.15. The zero-order valence-corrected chi connectivity index (χ0v) is 14.4. The van der Waals surface area contributed by atoms with E-state index in [2.05, 4.69) is 9.88 Å². The Morgan fingerprint density at radius 2 is 2.20 bits per heavy atom. The van der Waals surface area contributed by atoms with E-state index >= 15 is 0 Å². The predicted molar refractivity (Wildman–Crippen MR) is 92.8 cm³/mol. The molecule has 1 aliphatic rings. The van der Waals surface area contributed by atoms with Crippen LogP contribution in [0.25, 0.3) is 10.9 Å². The van der Waals surface area contributed by atoms with Gasteiger partial charge in [-0.3, -0.25) is 9.69 Å². The number of morpholine rings is 1. The van der Waals surface area contributed by atoms with Gasteiger partial charge in [0.15, 0.2) is 0 Å². The maximum Gasteiger partial charge on any atom is 0.310 e. The number of methoxy groups -OCH3 is 1. The first-order chi connectivity index (χ1) is 12.2. The number of hydrogen-bond acceptors (Lipinski definition) is 6. The molecule has 1 aromatic heterocycles. The van der Waals surface area contributed by atoms with E-state index in [0.29, 0.717) is 25.5 Å². The molecule has 0 amide bonds. The summed E-state index contributed by atoms with van der Waals surface area (Å²) >= 11 is 0. The largest absolute Gasteiger partial charge is 0.491 e. The van der Waals surface area contributed by atoms with Crippen LogP contribution in [0.5, 0.6) is 5.75 Å². The number of β-amino-alcohol motifs (C(OH)–C–C–N with tert-alkyl or cyclic N) is 1. The molecule has 1 fully saturated rings. The zero-order valence-electron chi connectivity index (χ0n) is 14.4. The van der Waals surface area contributed by atoms with Crippen molar-refractivity contribution in [3.8, 4) is 5.75 Å². The smallest absolute Gasteiger partial charge is 0.310 e. The average molecular weight is 348 g/mol. The van der Waals surface area contributed by atoms with Gasteiger partial charge >= 0.3 is 5.97 Å². The second-order valence-electron chi connectivity index (χ2n) is 6.15. The van der Waals surface area contributed by atoms with Crippen molar-refractivity contribution in [3.63, 3.8) is 0 Å². The van der Waals surface area contributed by atoms with Crippen LogP contribution in [0, 0.1) is 0 Å². The molecule has 7 heteroatoms. The van der Waals surface area contributed by atoms with E-state index in [-0.39, 0.29) is 19.0 Å². The third kappa shape index (κ3) is 4.72. The normalized spacial score (nSPS) is 16.7. The maximum atomic E-state index is 11.5. The quantitative estimate of drug-likeness (QED) is 0.725. The van der Waals surface area contributed by atoms with E-state index in [1.165, 1.54) is 7.11 Å².